The molecule has 2 aromatic rings. The molecule has 0 spiro atoms. The van der Waals surface area contributed by atoms with Gasteiger partial charge in [-0.3, -0.25) is 10.1 Å². The average Bonchev–Trinajstić information content (AvgIpc) is 2.52. The summed E-state index contributed by atoms with van der Waals surface area (Å²) in [7, 11) is 1.49. The summed E-state index contributed by atoms with van der Waals surface area (Å²) in [5.74, 6) is 1.30. The molecule has 0 saturated heterocycles. The Morgan fingerprint density at radius 2 is 2.00 bits per heavy atom. The molecule has 0 radical (unpaired) electrons. The van der Waals surface area contributed by atoms with E-state index in [0.717, 1.165) is 5.75 Å². The molecule has 0 unspecified atom stereocenters. The van der Waals surface area contributed by atoms with Crippen molar-refractivity contribution in [1.29, 1.82) is 0 Å². The number of thioether (sulfide) groups is 1. The number of nitrogens with zero attached hydrogens (tertiary/aromatic N) is 1. The minimum atomic E-state index is -0.408. The van der Waals surface area contributed by atoms with Gasteiger partial charge in [-0.2, -0.15) is 0 Å². The van der Waals surface area contributed by atoms with Crippen molar-refractivity contribution in [2.45, 2.75) is 4.90 Å². The minimum absolute atomic E-state index is 0.0269. The van der Waals surface area contributed by atoms with Crippen LogP contribution in [0.3, 0.4) is 0 Å². The highest BCUT2D eigenvalue weighted by Crippen LogP contribution is 2.29. The first-order valence-electron chi connectivity index (χ1n) is 6.45. The molecule has 0 amide bonds. The molecular weight excluding hydrogens is 288 g/mol. The SMILES string of the molecule is COc1ccc(NCCSc2ccccc2)c([N+](=O)[O-])c1. The molecule has 0 aromatic heterocycles. The van der Waals surface area contributed by atoms with Crippen LogP contribution in [0.2, 0.25) is 0 Å². The molecule has 110 valence electrons. The molecular formula is C15H16N2O3S. The van der Waals surface area contributed by atoms with Gasteiger partial charge in [0, 0.05) is 17.2 Å². The van der Waals surface area contributed by atoms with Crippen molar-refractivity contribution in [2.75, 3.05) is 24.7 Å². The van der Waals surface area contributed by atoms with E-state index >= 15 is 0 Å². The highest BCUT2D eigenvalue weighted by atomic mass is 32.2. The second kappa shape index (κ2) is 7.54. The van der Waals surface area contributed by atoms with E-state index in [2.05, 4.69) is 5.32 Å². The predicted molar refractivity (Wildman–Crippen MR) is 85.3 cm³/mol. The van der Waals surface area contributed by atoms with E-state index in [0.29, 0.717) is 18.0 Å². The van der Waals surface area contributed by atoms with E-state index < -0.39 is 4.92 Å². The Labute approximate surface area is 127 Å². The number of methoxy groups -OCH3 is 1. The molecule has 0 fully saturated rings. The molecule has 5 nitrogen and oxygen atoms in total. The number of nitro benzene ring substituents is 1. The monoisotopic (exact) mass is 304 g/mol. The van der Waals surface area contributed by atoms with E-state index in [1.54, 1.807) is 23.9 Å². The van der Waals surface area contributed by atoms with Gasteiger partial charge < -0.3 is 10.1 Å². The molecule has 0 aliphatic rings. The number of hydrogen-bond acceptors (Lipinski definition) is 5. The fraction of sp³-hybridized carbons (Fsp3) is 0.200. The van der Waals surface area contributed by atoms with Crippen molar-refractivity contribution < 1.29 is 9.66 Å². The molecule has 6 heteroatoms. The van der Waals surface area contributed by atoms with E-state index in [1.807, 2.05) is 30.3 Å². The van der Waals surface area contributed by atoms with Crippen LogP contribution in [0.5, 0.6) is 5.75 Å². The van der Waals surface area contributed by atoms with Gasteiger partial charge >= 0.3 is 0 Å². The lowest BCUT2D eigenvalue weighted by Gasteiger charge is -2.08. The van der Waals surface area contributed by atoms with Gasteiger partial charge in [-0.25, -0.2) is 0 Å². The maximum absolute atomic E-state index is 11.0. The predicted octanol–water partition coefficient (Wildman–Crippen LogP) is 3.81. The minimum Gasteiger partial charge on any atom is -0.496 e. The molecule has 0 atom stereocenters. The zero-order valence-corrected chi connectivity index (χ0v) is 12.4. The maximum Gasteiger partial charge on any atom is 0.296 e. The first-order chi connectivity index (χ1) is 10.2. The van der Waals surface area contributed by atoms with Crippen LogP contribution >= 0.6 is 11.8 Å². The summed E-state index contributed by atoms with van der Waals surface area (Å²) in [6.07, 6.45) is 0. The number of nitrogens with one attached hydrogen (secondary N) is 1. The molecule has 0 bridgehead atoms. The van der Waals surface area contributed by atoms with Crippen molar-refractivity contribution >= 4 is 23.1 Å². The van der Waals surface area contributed by atoms with Gasteiger partial charge in [0.25, 0.3) is 5.69 Å². The van der Waals surface area contributed by atoms with Gasteiger partial charge in [-0.05, 0) is 24.3 Å². The Kier molecular flexibility index (Phi) is 5.45. The standard InChI is InChI=1S/C15H16N2O3S/c1-20-12-7-8-14(15(11-12)17(18)19)16-9-10-21-13-5-3-2-4-6-13/h2-8,11,16H,9-10H2,1H3. The van der Waals surface area contributed by atoms with Gasteiger partial charge in [0.15, 0.2) is 0 Å². The third-order valence-corrected chi connectivity index (χ3v) is 3.84. The summed E-state index contributed by atoms with van der Waals surface area (Å²) in [4.78, 5) is 11.8. The lowest BCUT2D eigenvalue weighted by atomic mass is 10.2. The largest absolute Gasteiger partial charge is 0.496 e. The van der Waals surface area contributed by atoms with Gasteiger partial charge in [-0.15, -0.1) is 11.8 Å². The Bertz CT molecular complexity index is 605. The molecule has 0 heterocycles. The third-order valence-electron chi connectivity index (χ3n) is 2.83. The van der Waals surface area contributed by atoms with Crippen LogP contribution in [0.1, 0.15) is 0 Å². The van der Waals surface area contributed by atoms with E-state index in [4.69, 9.17) is 4.74 Å². The van der Waals surface area contributed by atoms with Gasteiger partial charge in [0.1, 0.15) is 11.4 Å². The summed E-state index contributed by atoms with van der Waals surface area (Å²) in [5.41, 5.74) is 0.536. The zero-order valence-electron chi connectivity index (χ0n) is 11.6. The first kappa shape index (κ1) is 15.2. The van der Waals surface area contributed by atoms with Crippen molar-refractivity contribution in [1.82, 2.24) is 0 Å². The van der Waals surface area contributed by atoms with Gasteiger partial charge in [-0.1, -0.05) is 18.2 Å². The molecule has 0 saturated carbocycles. The summed E-state index contributed by atoms with van der Waals surface area (Å²) in [5, 5.41) is 14.1. The van der Waals surface area contributed by atoms with E-state index in [-0.39, 0.29) is 5.69 Å². The Hall–Kier alpha value is -2.21. The van der Waals surface area contributed by atoms with Crippen molar-refractivity contribution in [3.05, 3.63) is 58.6 Å². The van der Waals surface area contributed by atoms with Crippen LogP contribution in [-0.4, -0.2) is 24.3 Å². The summed E-state index contributed by atoms with van der Waals surface area (Å²) in [6, 6.07) is 14.8. The van der Waals surface area contributed by atoms with Crippen molar-refractivity contribution in [3.63, 3.8) is 0 Å². The molecule has 0 aliphatic carbocycles. The number of hydrogen-bond donors (Lipinski definition) is 1. The second-order valence-electron chi connectivity index (χ2n) is 4.23. The fourth-order valence-electron chi connectivity index (χ4n) is 1.81. The smallest absolute Gasteiger partial charge is 0.296 e. The number of anilines is 1. The van der Waals surface area contributed by atoms with Gasteiger partial charge in [0.2, 0.25) is 0 Å². The number of rotatable bonds is 7. The summed E-state index contributed by atoms with van der Waals surface area (Å²) < 4.78 is 5.01. The third kappa shape index (κ3) is 4.39. The Morgan fingerprint density at radius 3 is 2.67 bits per heavy atom. The number of ether oxygens (including phenoxy) is 1. The van der Waals surface area contributed by atoms with Crippen LogP contribution in [0, 0.1) is 10.1 Å². The lowest BCUT2D eigenvalue weighted by Crippen LogP contribution is -2.06. The van der Waals surface area contributed by atoms with Crippen molar-refractivity contribution in [3.8, 4) is 5.75 Å². The second-order valence-corrected chi connectivity index (χ2v) is 5.40. The quantitative estimate of drug-likeness (QED) is 0.365. The molecule has 0 aliphatic heterocycles. The molecule has 1 N–H and O–H groups in total. The first-order valence-corrected chi connectivity index (χ1v) is 7.43. The van der Waals surface area contributed by atoms with Crippen LogP contribution in [-0.2, 0) is 0 Å². The number of benzene rings is 2. The normalized spacial score (nSPS) is 10.1. The van der Waals surface area contributed by atoms with Crippen LogP contribution < -0.4 is 10.1 Å². The lowest BCUT2D eigenvalue weighted by molar-refractivity contribution is -0.384. The van der Waals surface area contributed by atoms with Crippen LogP contribution in [0.25, 0.3) is 0 Å². The Morgan fingerprint density at radius 1 is 1.24 bits per heavy atom. The molecule has 2 rings (SSSR count). The Balaban J connectivity index is 1.92. The molecule has 2 aromatic carbocycles. The highest BCUT2D eigenvalue weighted by molar-refractivity contribution is 7.99. The summed E-state index contributed by atoms with van der Waals surface area (Å²) in [6.45, 7) is 0.646. The average molecular weight is 304 g/mol. The van der Waals surface area contributed by atoms with E-state index in [1.165, 1.54) is 18.1 Å². The topological polar surface area (TPSA) is 64.4 Å². The van der Waals surface area contributed by atoms with E-state index in [9.17, 15) is 10.1 Å². The summed E-state index contributed by atoms with van der Waals surface area (Å²) >= 11 is 1.70. The molecule has 21 heavy (non-hydrogen) atoms. The van der Waals surface area contributed by atoms with Crippen molar-refractivity contribution in [2.24, 2.45) is 0 Å². The highest BCUT2D eigenvalue weighted by Gasteiger charge is 2.14. The van der Waals surface area contributed by atoms with Crippen LogP contribution in [0.4, 0.5) is 11.4 Å². The van der Waals surface area contributed by atoms with Gasteiger partial charge in [0.05, 0.1) is 18.1 Å². The zero-order chi connectivity index (χ0) is 15.1. The fourth-order valence-corrected chi connectivity index (χ4v) is 2.60. The number of nitro groups is 1. The van der Waals surface area contributed by atoms with Crippen LogP contribution in [0.15, 0.2) is 53.4 Å². The maximum atomic E-state index is 11.0.